The van der Waals surface area contributed by atoms with E-state index in [-0.39, 0.29) is 0 Å². The normalized spacial score (nSPS) is 11.1. The Kier molecular flexibility index (Phi) is 5.36. The number of hydrogen-bond donors (Lipinski definition) is 1. The van der Waals surface area contributed by atoms with E-state index in [1.54, 1.807) is 14.2 Å². The number of nitrogens with zero attached hydrogens (tertiary/aromatic N) is 2. The molecule has 0 atom stereocenters. The number of ether oxygens (including phenoxy) is 2. The van der Waals surface area contributed by atoms with Crippen LogP contribution in [0.15, 0.2) is 24.3 Å². The Hall–Kier alpha value is -1.85. The van der Waals surface area contributed by atoms with Gasteiger partial charge in [-0.15, -0.1) is 0 Å². The third-order valence-corrected chi connectivity index (χ3v) is 3.29. The van der Waals surface area contributed by atoms with Gasteiger partial charge < -0.3 is 9.47 Å². The average Bonchev–Trinajstić information content (AvgIpc) is 2.84. The molecule has 2 aromatic rings. The topological polar surface area (TPSA) is 50.4 Å². The third kappa shape index (κ3) is 4.31. The first-order chi connectivity index (χ1) is 10.1. The minimum atomic E-state index is 0.555. The van der Waals surface area contributed by atoms with Crippen LogP contribution in [0.4, 0.5) is 0 Å². The second-order valence-electron chi connectivity index (χ2n) is 5.29. The molecule has 0 spiro atoms. The van der Waals surface area contributed by atoms with Crippen LogP contribution in [0.1, 0.15) is 22.5 Å². The predicted molar refractivity (Wildman–Crippen MR) is 82.2 cm³/mol. The van der Waals surface area contributed by atoms with Gasteiger partial charge in [0.1, 0.15) is 5.75 Å². The Morgan fingerprint density at radius 1 is 1.19 bits per heavy atom. The van der Waals surface area contributed by atoms with E-state index in [9.17, 15) is 0 Å². The molecule has 0 aliphatic rings. The summed E-state index contributed by atoms with van der Waals surface area (Å²) in [5.41, 5.74) is 4.45. The highest BCUT2D eigenvalue weighted by atomic mass is 16.5. The standard InChI is InChI=1S/C16H23N3O2/c1-12-7-15(18-17-12)10-19(2)9-13-5-6-16(21-4)14(8-13)11-20-3/h5-8H,9-11H2,1-4H3,(H,17,18). The molecule has 0 fully saturated rings. The zero-order valence-electron chi connectivity index (χ0n) is 13.1. The maximum Gasteiger partial charge on any atom is 0.124 e. The van der Waals surface area contributed by atoms with Crippen LogP contribution in [0.3, 0.4) is 0 Å². The van der Waals surface area contributed by atoms with Gasteiger partial charge in [0.05, 0.1) is 19.4 Å². The van der Waals surface area contributed by atoms with Crippen LogP contribution in [0.2, 0.25) is 0 Å². The molecule has 0 saturated carbocycles. The van der Waals surface area contributed by atoms with Crippen molar-refractivity contribution in [1.29, 1.82) is 0 Å². The number of methoxy groups -OCH3 is 2. The van der Waals surface area contributed by atoms with E-state index >= 15 is 0 Å². The Bertz CT molecular complexity index is 581. The molecule has 2 rings (SSSR count). The van der Waals surface area contributed by atoms with Crippen LogP contribution in [0.25, 0.3) is 0 Å². The Morgan fingerprint density at radius 2 is 2.00 bits per heavy atom. The van der Waals surface area contributed by atoms with E-state index in [0.717, 1.165) is 35.8 Å². The molecule has 0 amide bonds. The van der Waals surface area contributed by atoms with Crippen molar-refractivity contribution in [3.8, 4) is 5.75 Å². The van der Waals surface area contributed by atoms with Gasteiger partial charge >= 0.3 is 0 Å². The molecule has 0 unspecified atom stereocenters. The van der Waals surface area contributed by atoms with E-state index in [2.05, 4.69) is 40.3 Å². The summed E-state index contributed by atoms with van der Waals surface area (Å²) < 4.78 is 10.6. The quantitative estimate of drug-likeness (QED) is 0.851. The summed E-state index contributed by atoms with van der Waals surface area (Å²) in [6.45, 7) is 4.24. The van der Waals surface area contributed by atoms with Crippen molar-refractivity contribution in [2.45, 2.75) is 26.6 Å². The highest BCUT2D eigenvalue weighted by Crippen LogP contribution is 2.21. The number of nitrogens with one attached hydrogen (secondary N) is 1. The first-order valence-corrected chi connectivity index (χ1v) is 6.96. The largest absolute Gasteiger partial charge is 0.496 e. The second kappa shape index (κ2) is 7.24. The second-order valence-corrected chi connectivity index (χ2v) is 5.29. The number of hydrogen-bond acceptors (Lipinski definition) is 4. The molecular weight excluding hydrogens is 266 g/mol. The number of rotatable bonds is 7. The Morgan fingerprint density at radius 3 is 2.62 bits per heavy atom. The first-order valence-electron chi connectivity index (χ1n) is 6.96. The minimum Gasteiger partial charge on any atom is -0.496 e. The minimum absolute atomic E-state index is 0.555. The highest BCUT2D eigenvalue weighted by Gasteiger charge is 2.08. The van der Waals surface area contributed by atoms with Crippen molar-refractivity contribution < 1.29 is 9.47 Å². The summed E-state index contributed by atoms with van der Waals surface area (Å²) in [5, 5.41) is 7.23. The molecule has 0 radical (unpaired) electrons. The summed E-state index contributed by atoms with van der Waals surface area (Å²) in [7, 11) is 5.46. The van der Waals surface area contributed by atoms with Crippen molar-refractivity contribution in [1.82, 2.24) is 15.1 Å². The lowest BCUT2D eigenvalue weighted by Crippen LogP contribution is -2.17. The maximum absolute atomic E-state index is 5.35. The van der Waals surface area contributed by atoms with Crippen LogP contribution >= 0.6 is 0 Å². The van der Waals surface area contributed by atoms with Gasteiger partial charge in [-0.25, -0.2) is 0 Å². The van der Waals surface area contributed by atoms with Crippen LogP contribution in [-0.4, -0.2) is 36.4 Å². The van der Waals surface area contributed by atoms with Crippen molar-refractivity contribution in [3.63, 3.8) is 0 Å². The van der Waals surface area contributed by atoms with Crippen molar-refractivity contribution >= 4 is 0 Å². The van der Waals surface area contributed by atoms with Gasteiger partial charge in [0, 0.05) is 31.5 Å². The average molecular weight is 289 g/mol. The lowest BCUT2D eigenvalue weighted by Gasteiger charge is -2.17. The molecule has 21 heavy (non-hydrogen) atoms. The monoisotopic (exact) mass is 289 g/mol. The van der Waals surface area contributed by atoms with Crippen LogP contribution in [0.5, 0.6) is 5.75 Å². The number of aromatic nitrogens is 2. The van der Waals surface area contributed by atoms with Gasteiger partial charge in [-0.05, 0) is 37.7 Å². The van der Waals surface area contributed by atoms with Gasteiger partial charge in [0.15, 0.2) is 0 Å². The summed E-state index contributed by atoms with van der Waals surface area (Å²) in [5.74, 6) is 0.867. The lowest BCUT2D eigenvalue weighted by atomic mass is 10.1. The third-order valence-electron chi connectivity index (χ3n) is 3.29. The molecule has 1 aromatic carbocycles. The van der Waals surface area contributed by atoms with Crippen molar-refractivity contribution in [2.24, 2.45) is 0 Å². The first kappa shape index (κ1) is 15.5. The molecule has 0 aliphatic carbocycles. The van der Waals surface area contributed by atoms with E-state index in [1.807, 2.05) is 13.0 Å². The van der Waals surface area contributed by atoms with Gasteiger partial charge in [-0.3, -0.25) is 10.00 Å². The molecule has 1 aromatic heterocycles. The molecule has 1 heterocycles. The molecule has 0 aliphatic heterocycles. The van der Waals surface area contributed by atoms with Gasteiger partial charge in [0.25, 0.3) is 0 Å². The fourth-order valence-corrected chi connectivity index (χ4v) is 2.40. The van der Waals surface area contributed by atoms with E-state index < -0.39 is 0 Å². The van der Waals surface area contributed by atoms with E-state index in [0.29, 0.717) is 6.61 Å². The molecule has 1 N–H and O–H groups in total. The number of aromatic amines is 1. The molecule has 5 heteroatoms. The number of H-pyrrole nitrogens is 1. The van der Waals surface area contributed by atoms with E-state index in [4.69, 9.17) is 9.47 Å². The molecular formula is C16H23N3O2. The summed E-state index contributed by atoms with van der Waals surface area (Å²) in [4.78, 5) is 2.23. The molecule has 0 saturated heterocycles. The molecule has 0 bridgehead atoms. The van der Waals surface area contributed by atoms with Crippen LogP contribution < -0.4 is 4.74 Å². The fraction of sp³-hybridized carbons (Fsp3) is 0.438. The summed E-state index contributed by atoms with van der Waals surface area (Å²) >= 11 is 0. The summed E-state index contributed by atoms with van der Waals surface area (Å²) in [6.07, 6.45) is 0. The van der Waals surface area contributed by atoms with Gasteiger partial charge in [-0.2, -0.15) is 5.10 Å². The van der Waals surface area contributed by atoms with E-state index in [1.165, 1.54) is 5.56 Å². The zero-order chi connectivity index (χ0) is 15.2. The number of aryl methyl sites for hydroxylation is 1. The van der Waals surface area contributed by atoms with Crippen molar-refractivity contribution in [2.75, 3.05) is 21.3 Å². The smallest absolute Gasteiger partial charge is 0.124 e. The highest BCUT2D eigenvalue weighted by molar-refractivity contribution is 5.36. The predicted octanol–water partition coefficient (Wildman–Crippen LogP) is 2.51. The van der Waals surface area contributed by atoms with Crippen LogP contribution in [0, 0.1) is 6.92 Å². The molecule has 114 valence electrons. The van der Waals surface area contributed by atoms with Crippen LogP contribution in [-0.2, 0) is 24.4 Å². The zero-order valence-corrected chi connectivity index (χ0v) is 13.1. The van der Waals surface area contributed by atoms with Gasteiger partial charge in [-0.1, -0.05) is 6.07 Å². The van der Waals surface area contributed by atoms with Crippen molar-refractivity contribution in [3.05, 3.63) is 46.8 Å². The maximum atomic E-state index is 5.35. The van der Waals surface area contributed by atoms with Gasteiger partial charge in [0.2, 0.25) is 0 Å². The summed E-state index contributed by atoms with van der Waals surface area (Å²) in [6, 6.07) is 8.29. The Labute approximate surface area is 125 Å². The Balaban J connectivity index is 2.02. The fourth-order valence-electron chi connectivity index (χ4n) is 2.40. The SMILES string of the molecule is COCc1cc(CN(C)Cc2cc(C)[nH]n2)ccc1OC. The number of benzene rings is 1. The lowest BCUT2D eigenvalue weighted by molar-refractivity contribution is 0.181. The molecule has 5 nitrogen and oxygen atoms in total.